The van der Waals surface area contributed by atoms with Gasteiger partial charge in [0.05, 0.1) is 0 Å². The quantitative estimate of drug-likeness (QED) is 0.767. The predicted octanol–water partition coefficient (Wildman–Crippen LogP) is 4.84. The minimum atomic E-state index is 0.547. The zero-order chi connectivity index (χ0) is 13.1. The number of hydrogen-bond donors (Lipinski definition) is 0. The number of benzene rings is 2. The Labute approximate surface area is 113 Å². The van der Waals surface area contributed by atoms with Crippen molar-refractivity contribution in [3.05, 3.63) is 63.7 Å². The van der Waals surface area contributed by atoms with Gasteiger partial charge < -0.3 is 4.74 Å². The van der Waals surface area contributed by atoms with E-state index >= 15 is 0 Å². The summed E-state index contributed by atoms with van der Waals surface area (Å²) >= 11 is 5.95. The Balaban J connectivity index is 2.16. The number of hydrogen-bond acceptors (Lipinski definition) is 1. The maximum absolute atomic E-state index is 5.95. The Bertz CT molecular complexity index is 538. The van der Waals surface area contributed by atoms with E-state index in [0.29, 0.717) is 6.61 Å². The SMILES string of the molecule is Cc1cc(C)c(OCc2cccc(Cl)c2)c(C)c1. The molecule has 94 valence electrons. The van der Waals surface area contributed by atoms with Crippen molar-refractivity contribution in [3.8, 4) is 5.75 Å². The van der Waals surface area contributed by atoms with E-state index in [2.05, 4.69) is 32.9 Å². The molecule has 0 amide bonds. The van der Waals surface area contributed by atoms with Crippen LogP contribution in [-0.4, -0.2) is 0 Å². The van der Waals surface area contributed by atoms with Crippen molar-refractivity contribution in [2.75, 3.05) is 0 Å². The summed E-state index contributed by atoms with van der Waals surface area (Å²) in [5, 5.41) is 0.744. The standard InChI is InChI=1S/C16H17ClO/c1-11-7-12(2)16(13(3)8-11)18-10-14-5-4-6-15(17)9-14/h4-9H,10H2,1-3H3. The second-order valence-electron chi connectivity index (χ2n) is 4.65. The molecule has 1 nitrogen and oxygen atoms in total. The van der Waals surface area contributed by atoms with Gasteiger partial charge in [0.15, 0.2) is 0 Å². The van der Waals surface area contributed by atoms with Crippen molar-refractivity contribution in [1.82, 2.24) is 0 Å². The van der Waals surface area contributed by atoms with E-state index in [1.54, 1.807) is 0 Å². The highest BCUT2D eigenvalue weighted by molar-refractivity contribution is 6.30. The number of aryl methyl sites for hydroxylation is 3. The van der Waals surface area contributed by atoms with Crippen molar-refractivity contribution in [1.29, 1.82) is 0 Å². The summed E-state index contributed by atoms with van der Waals surface area (Å²) in [4.78, 5) is 0. The molecule has 0 saturated heterocycles. The van der Waals surface area contributed by atoms with Crippen LogP contribution in [0, 0.1) is 20.8 Å². The second-order valence-corrected chi connectivity index (χ2v) is 5.08. The third kappa shape index (κ3) is 3.05. The van der Waals surface area contributed by atoms with Gasteiger partial charge in [-0.2, -0.15) is 0 Å². The summed E-state index contributed by atoms with van der Waals surface area (Å²) in [5.41, 5.74) is 4.70. The third-order valence-corrected chi connectivity index (χ3v) is 3.11. The average Bonchev–Trinajstić information content (AvgIpc) is 2.27. The van der Waals surface area contributed by atoms with Gasteiger partial charge in [0, 0.05) is 5.02 Å². The Hall–Kier alpha value is -1.47. The average molecular weight is 261 g/mol. The first-order valence-corrected chi connectivity index (χ1v) is 6.39. The predicted molar refractivity (Wildman–Crippen MR) is 76.4 cm³/mol. The molecule has 2 heteroatoms. The third-order valence-electron chi connectivity index (χ3n) is 2.88. The summed E-state index contributed by atoms with van der Waals surface area (Å²) in [7, 11) is 0. The zero-order valence-corrected chi connectivity index (χ0v) is 11.7. The van der Waals surface area contributed by atoms with E-state index in [1.165, 1.54) is 16.7 Å². The van der Waals surface area contributed by atoms with Gasteiger partial charge in [-0.25, -0.2) is 0 Å². The van der Waals surface area contributed by atoms with E-state index in [0.717, 1.165) is 16.3 Å². The molecule has 18 heavy (non-hydrogen) atoms. The monoisotopic (exact) mass is 260 g/mol. The van der Waals surface area contributed by atoms with Gasteiger partial charge in [-0.15, -0.1) is 0 Å². The molecule has 0 aromatic heterocycles. The highest BCUT2D eigenvalue weighted by atomic mass is 35.5. The molecule has 2 rings (SSSR count). The van der Waals surface area contributed by atoms with Gasteiger partial charge >= 0.3 is 0 Å². The number of rotatable bonds is 3. The molecule has 0 bridgehead atoms. The lowest BCUT2D eigenvalue weighted by Crippen LogP contribution is -1.99. The van der Waals surface area contributed by atoms with E-state index in [-0.39, 0.29) is 0 Å². The Morgan fingerprint density at radius 3 is 2.28 bits per heavy atom. The van der Waals surface area contributed by atoms with E-state index in [4.69, 9.17) is 16.3 Å². The molecule has 0 N–H and O–H groups in total. The number of halogens is 1. The van der Waals surface area contributed by atoms with Crippen LogP contribution in [-0.2, 0) is 6.61 Å². The van der Waals surface area contributed by atoms with Gasteiger partial charge in [-0.3, -0.25) is 0 Å². The van der Waals surface area contributed by atoms with Crippen molar-refractivity contribution >= 4 is 11.6 Å². The van der Waals surface area contributed by atoms with E-state index in [1.807, 2.05) is 24.3 Å². The zero-order valence-electron chi connectivity index (χ0n) is 11.0. The summed E-state index contributed by atoms with van der Waals surface area (Å²) in [5.74, 6) is 0.973. The summed E-state index contributed by atoms with van der Waals surface area (Å²) in [6, 6.07) is 12.0. The van der Waals surface area contributed by atoms with Gasteiger partial charge in [-0.05, 0) is 49.6 Å². The fraction of sp³-hybridized carbons (Fsp3) is 0.250. The van der Waals surface area contributed by atoms with Gasteiger partial charge in [0.25, 0.3) is 0 Å². The molecule has 0 atom stereocenters. The molecule has 0 unspecified atom stereocenters. The maximum Gasteiger partial charge on any atom is 0.125 e. The minimum absolute atomic E-state index is 0.547. The first kappa shape index (κ1) is 13.0. The molecule has 2 aromatic carbocycles. The lowest BCUT2D eigenvalue weighted by Gasteiger charge is -2.13. The van der Waals surface area contributed by atoms with E-state index in [9.17, 15) is 0 Å². The molecule has 0 aliphatic heterocycles. The lowest BCUT2D eigenvalue weighted by atomic mass is 10.1. The Morgan fingerprint density at radius 2 is 1.67 bits per heavy atom. The molecule has 2 aromatic rings. The van der Waals surface area contributed by atoms with E-state index < -0.39 is 0 Å². The van der Waals surface area contributed by atoms with Crippen LogP contribution in [0.3, 0.4) is 0 Å². The Morgan fingerprint density at radius 1 is 1.00 bits per heavy atom. The molecule has 0 saturated carbocycles. The highest BCUT2D eigenvalue weighted by Gasteiger charge is 2.05. The van der Waals surface area contributed by atoms with Crippen molar-refractivity contribution in [3.63, 3.8) is 0 Å². The molecule has 0 aliphatic rings. The van der Waals surface area contributed by atoms with Gasteiger partial charge in [-0.1, -0.05) is 41.4 Å². The van der Waals surface area contributed by atoms with Crippen LogP contribution in [0.25, 0.3) is 0 Å². The molecule has 0 spiro atoms. The molecule has 0 radical (unpaired) electrons. The summed E-state index contributed by atoms with van der Waals surface area (Å²) in [6.07, 6.45) is 0. The summed E-state index contributed by atoms with van der Waals surface area (Å²) < 4.78 is 5.90. The molecule has 0 aliphatic carbocycles. The van der Waals surface area contributed by atoms with Gasteiger partial charge in [0.1, 0.15) is 12.4 Å². The summed E-state index contributed by atoms with van der Waals surface area (Å²) in [6.45, 7) is 6.80. The van der Waals surface area contributed by atoms with Crippen LogP contribution in [0.2, 0.25) is 5.02 Å². The second kappa shape index (κ2) is 5.45. The normalized spacial score (nSPS) is 10.4. The highest BCUT2D eigenvalue weighted by Crippen LogP contribution is 2.25. The maximum atomic E-state index is 5.95. The van der Waals surface area contributed by atoms with Crippen LogP contribution in [0.5, 0.6) is 5.75 Å². The molecule has 0 fully saturated rings. The molecule has 0 heterocycles. The molecular weight excluding hydrogens is 244 g/mol. The smallest absolute Gasteiger partial charge is 0.125 e. The van der Waals surface area contributed by atoms with Crippen LogP contribution in [0.15, 0.2) is 36.4 Å². The van der Waals surface area contributed by atoms with Crippen LogP contribution in [0.4, 0.5) is 0 Å². The largest absolute Gasteiger partial charge is 0.488 e. The number of ether oxygens (including phenoxy) is 1. The minimum Gasteiger partial charge on any atom is -0.488 e. The fourth-order valence-electron chi connectivity index (χ4n) is 2.18. The van der Waals surface area contributed by atoms with Crippen molar-refractivity contribution in [2.45, 2.75) is 27.4 Å². The molecular formula is C16H17ClO. The van der Waals surface area contributed by atoms with Crippen molar-refractivity contribution < 1.29 is 4.74 Å². The Kier molecular flexibility index (Phi) is 3.93. The fourth-order valence-corrected chi connectivity index (χ4v) is 2.39. The van der Waals surface area contributed by atoms with Crippen molar-refractivity contribution in [2.24, 2.45) is 0 Å². The van der Waals surface area contributed by atoms with Gasteiger partial charge in [0.2, 0.25) is 0 Å². The first-order valence-electron chi connectivity index (χ1n) is 6.01. The van der Waals surface area contributed by atoms with Crippen LogP contribution >= 0.6 is 11.6 Å². The lowest BCUT2D eigenvalue weighted by molar-refractivity contribution is 0.302. The first-order chi connectivity index (χ1) is 8.56. The van der Waals surface area contributed by atoms with Crippen LogP contribution < -0.4 is 4.74 Å². The van der Waals surface area contributed by atoms with Crippen LogP contribution in [0.1, 0.15) is 22.3 Å². The topological polar surface area (TPSA) is 9.23 Å².